The van der Waals surface area contributed by atoms with Crippen LogP contribution in [0.15, 0.2) is 79.1 Å². The molecule has 0 saturated heterocycles. The minimum absolute atomic E-state index is 0.210. The van der Waals surface area contributed by atoms with Crippen LogP contribution in [-0.2, 0) is 20.8 Å². The number of hydrogen-bond acceptors (Lipinski definition) is 5. The maximum absolute atomic E-state index is 13.1. The lowest BCUT2D eigenvalue weighted by Gasteiger charge is -2.32. The molecule has 0 aliphatic carbocycles. The van der Waals surface area contributed by atoms with Crippen molar-refractivity contribution in [3.8, 4) is 11.1 Å². The number of anilines is 1. The number of hydroxylamine groups is 2. The van der Waals surface area contributed by atoms with Crippen molar-refractivity contribution >= 4 is 23.9 Å². The van der Waals surface area contributed by atoms with Crippen LogP contribution in [0.5, 0.6) is 0 Å². The summed E-state index contributed by atoms with van der Waals surface area (Å²) >= 11 is 0. The molecule has 3 rings (SSSR count). The summed E-state index contributed by atoms with van der Waals surface area (Å²) in [5.41, 5.74) is 3.25. The highest BCUT2D eigenvalue weighted by Crippen LogP contribution is 2.23. The van der Waals surface area contributed by atoms with Crippen LogP contribution in [-0.4, -0.2) is 45.6 Å². The molecular formula is C29H34N4O4. The lowest BCUT2D eigenvalue weighted by molar-refractivity contribution is -0.168. The molecule has 3 aromatic rings. The molecule has 1 heterocycles. The van der Waals surface area contributed by atoms with Gasteiger partial charge in [0.2, 0.25) is 18.2 Å². The molecule has 0 aliphatic heterocycles. The first kappa shape index (κ1) is 27.5. The molecule has 2 unspecified atom stereocenters. The predicted molar refractivity (Wildman–Crippen MR) is 143 cm³/mol. The Morgan fingerprint density at radius 3 is 2.16 bits per heavy atom. The monoisotopic (exact) mass is 502 g/mol. The van der Waals surface area contributed by atoms with Crippen LogP contribution in [0.25, 0.3) is 11.1 Å². The van der Waals surface area contributed by atoms with Crippen molar-refractivity contribution in [1.29, 1.82) is 0 Å². The Balaban J connectivity index is 1.63. The normalized spacial score (nSPS) is 12.8. The smallest absolute Gasteiger partial charge is 0.247 e. The fourth-order valence-electron chi connectivity index (χ4n) is 4.01. The lowest BCUT2D eigenvalue weighted by atomic mass is 9.85. The van der Waals surface area contributed by atoms with Gasteiger partial charge >= 0.3 is 0 Å². The zero-order chi connectivity index (χ0) is 26.8. The molecule has 8 heteroatoms. The summed E-state index contributed by atoms with van der Waals surface area (Å²) in [4.78, 5) is 41.4. The fraction of sp³-hybridized carbons (Fsp3) is 0.310. The highest BCUT2D eigenvalue weighted by Gasteiger charge is 2.35. The molecule has 0 saturated carbocycles. The van der Waals surface area contributed by atoms with Gasteiger partial charge in [0.05, 0.1) is 0 Å². The lowest BCUT2D eigenvalue weighted by Crippen LogP contribution is -2.56. The molecule has 0 bridgehead atoms. The quantitative estimate of drug-likeness (QED) is 0.204. The van der Waals surface area contributed by atoms with Crippen molar-refractivity contribution in [1.82, 2.24) is 15.4 Å². The number of aryl methyl sites for hydroxylation is 1. The van der Waals surface area contributed by atoms with E-state index in [1.165, 1.54) is 0 Å². The van der Waals surface area contributed by atoms with E-state index in [1.54, 1.807) is 24.5 Å². The summed E-state index contributed by atoms with van der Waals surface area (Å²) < 4.78 is 0. The number of aromatic nitrogens is 1. The Kier molecular flexibility index (Phi) is 9.51. The Hall–Kier alpha value is -4.04. The first-order valence-corrected chi connectivity index (χ1v) is 12.3. The third kappa shape index (κ3) is 7.98. The third-order valence-electron chi connectivity index (χ3n) is 6.10. The Labute approximate surface area is 217 Å². The van der Waals surface area contributed by atoms with E-state index in [2.05, 4.69) is 27.8 Å². The number of carbonyl (C=O) groups is 3. The van der Waals surface area contributed by atoms with E-state index in [9.17, 15) is 19.6 Å². The largest absolute Gasteiger partial charge is 0.342 e. The first-order chi connectivity index (χ1) is 17.7. The van der Waals surface area contributed by atoms with Crippen LogP contribution < -0.4 is 10.6 Å². The number of carbonyl (C=O) groups excluding carboxylic acids is 3. The molecule has 2 aromatic carbocycles. The van der Waals surface area contributed by atoms with E-state index in [0.717, 1.165) is 16.7 Å². The van der Waals surface area contributed by atoms with Gasteiger partial charge in [0.15, 0.2) is 0 Å². The summed E-state index contributed by atoms with van der Waals surface area (Å²) in [6, 6.07) is 19.5. The van der Waals surface area contributed by atoms with E-state index in [4.69, 9.17) is 0 Å². The molecule has 3 amide bonds. The van der Waals surface area contributed by atoms with E-state index >= 15 is 0 Å². The second kappa shape index (κ2) is 12.8. The van der Waals surface area contributed by atoms with Gasteiger partial charge in [-0.25, -0.2) is 5.06 Å². The molecule has 0 radical (unpaired) electrons. The molecule has 2 atom stereocenters. The fourth-order valence-corrected chi connectivity index (χ4v) is 4.01. The summed E-state index contributed by atoms with van der Waals surface area (Å²) in [7, 11) is 0. The van der Waals surface area contributed by atoms with E-state index < -0.39 is 29.3 Å². The first-order valence-electron chi connectivity index (χ1n) is 12.3. The van der Waals surface area contributed by atoms with Crippen LogP contribution in [0.1, 0.15) is 39.2 Å². The van der Waals surface area contributed by atoms with Gasteiger partial charge in [-0.05, 0) is 53.5 Å². The van der Waals surface area contributed by atoms with Crippen LogP contribution in [0, 0.1) is 5.41 Å². The van der Waals surface area contributed by atoms with Crippen molar-refractivity contribution in [3.05, 3.63) is 84.7 Å². The number of nitrogens with zero attached hydrogens (tertiary/aromatic N) is 2. The topological polar surface area (TPSA) is 112 Å². The summed E-state index contributed by atoms with van der Waals surface area (Å²) in [6.45, 7) is 5.48. The molecule has 8 nitrogen and oxygen atoms in total. The maximum atomic E-state index is 13.1. The average molecular weight is 503 g/mol. The molecular weight excluding hydrogens is 468 g/mol. The van der Waals surface area contributed by atoms with Crippen LogP contribution >= 0.6 is 0 Å². The Morgan fingerprint density at radius 1 is 0.946 bits per heavy atom. The van der Waals surface area contributed by atoms with Crippen LogP contribution in [0.2, 0.25) is 0 Å². The van der Waals surface area contributed by atoms with Gasteiger partial charge < -0.3 is 10.6 Å². The van der Waals surface area contributed by atoms with Crippen molar-refractivity contribution in [3.63, 3.8) is 0 Å². The molecule has 37 heavy (non-hydrogen) atoms. The van der Waals surface area contributed by atoms with Gasteiger partial charge in [-0.3, -0.25) is 24.6 Å². The summed E-state index contributed by atoms with van der Waals surface area (Å²) in [6.07, 6.45) is 4.76. The van der Waals surface area contributed by atoms with Gasteiger partial charge in [0, 0.05) is 18.1 Å². The number of nitrogens with one attached hydrogen (secondary N) is 2. The van der Waals surface area contributed by atoms with Gasteiger partial charge in [-0.2, -0.15) is 0 Å². The molecule has 1 aromatic heterocycles. The molecule has 3 N–H and O–H groups in total. The van der Waals surface area contributed by atoms with E-state index in [-0.39, 0.29) is 12.8 Å². The zero-order valence-corrected chi connectivity index (χ0v) is 21.4. The van der Waals surface area contributed by atoms with E-state index in [0.29, 0.717) is 23.6 Å². The van der Waals surface area contributed by atoms with Gasteiger partial charge in [-0.1, -0.05) is 75.4 Å². The van der Waals surface area contributed by atoms with Crippen molar-refractivity contribution in [2.24, 2.45) is 5.41 Å². The van der Waals surface area contributed by atoms with Gasteiger partial charge in [0.25, 0.3) is 0 Å². The molecule has 0 spiro atoms. The van der Waals surface area contributed by atoms with Gasteiger partial charge in [-0.15, -0.1) is 0 Å². The average Bonchev–Trinajstić information content (AvgIpc) is 2.90. The SMILES string of the molecule is CC(C)(C)C(NC(=O)C(CCCc1ccc(-c2ccccc2)cc1)N(O)C=O)C(=O)Nc1ccncc1. The second-order valence-electron chi connectivity index (χ2n) is 9.99. The second-order valence-corrected chi connectivity index (χ2v) is 9.99. The Morgan fingerprint density at radius 2 is 1.57 bits per heavy atom. The van der Waals surface area contributed by atoms with Gasteiger partial charge in [0.1, 0.15) is 12.1 Å². The number of amides is 3. The molecule has 0 fully saturated rings. The highest BCUT2D eigenvalue weighted by molar-refractivity contribution is 5.98. The molecule has 194 valence electrons. The maximum Gasteiger partial charge on any atom is 0.247 e. The highest BCUT2D eigenvalue weighted by atomic mass is 16.5. The zero-order valence-electron chi connectivity index (χ0n) is 21.4. The van der Waals surface area contributed by atoms with Crippen LogP contribution in [0.4, 0.5) is 5.69 Å². The number of rotatable bonds is 11. The van der Waals surface area contributed by atoms with Crippen LogP contribution in [0.3, 0.4) is 0 Å². The summed E-state index contributed by atoms with van der Waals surface area (Å²) in [5.74, 6) is -1.00. The minimum Gasteiger partial charge on any atom is -0.342 e. The van der Waals surface area contributed by atoms with Crippen molar-refractivity contribution in [2.45, 2.75) is 52.1 Å². The number of hydrogen-bond donors (Lipinski definition) is 3. The third-order valence-corrected chi connectivity index (χ3v) is 6.10. The van der Waals surface area contributed by atoms with E-state index in [1.807, 2.05) is 63.2 Å². The number of pyridine rings is 1. The Bertz CT molecular complexity index is 1160. The standard InChI is InChI=1S/C29H34N4O4/c1-29(2,3)26(28(36)31-24-16-18-30-19-17-24)32-27(35)25(33(37)20-34)11-7-8-21-12-14-23(15-13-21)22-9-5-4-6-10-22/h4-6,9-10,12-20,25-26,37H,7-8,11H2,1-3H3,(H,32,35)(H,30,31,36). The summed E-state index contributed by atoms with van der Waals surface area (Å²) in [5, 5.41) is 16.0. The van der Waals surface area contributed by atoms with Crippen molar-refractivity contribution < 1.29 is 19.6 Å². The minimum atomic E-state index is -1.13. The molecule has 0 aliphatic rings. The predicted octanol–water partition coefficient (Wildman–Crippen LogP) is 4.46. The van der Waals surface area contributed by atoms with Crippen molar-refractivity contribution in [2.75, 3.05) is 5.32 Å². The number of benzene rings is 2.